The lowest BCUT2D eigenvalue weighted by Crippen LogP contribution is -2.05. The molecule has 1 aromatic rings. The fourth-order valence-corrected chi connectivity index (χ4v) is 2.32. The van der Waals surface area contributed by atoms with Crippen molar-refractivity contribution >= 4 is 27.8 Å². The molecule has 0 saturated heterocycles. The second-order valence-corrected chi connectivity index (χ2v) is 4.23. The molecule has 0 aliphatic heterocycles. The number of hydrogen-bond acceptors (Lipinski definition) is 6. The van der Waals surface area contributed by atoms with E-state index in [0.29, 0.717) is 22.8 Å². The highest BCUT2D eigenvalue weighted by Crippen LogP contribution is 2.42. The molecule has 1 aromatic carbocycles. The average Bonchev–Trinajstić information content (AvgIpc) is 2.35. The molecule has 0 atom stereocenters. The molecule has 6 nitrogen and oxygen atoms in total. The normalized spacial score (nSPS) is 10.2. The molecule has 0 heterocycles. The summed E-state index contributed by atoms with van der Waals surface area (Å²) in [6.45, 7) is 0. The molecule has 0 aliphatic carbocycles. The van der Waals surface area contributed by atoms with Crippen LogP contribution in [0.5, 0.6) is 5.75 Å². The number of methoxy groups -OCH3 is 1. The molecular formula is C10H17N3O3S. The Morgan fingerprint density at radius 3 is 2.00 bits per heavy atom. The summed E-state index contributed by atoms with van der Waals surface area (Å²) in [7, 11) is 3.93. The van der Waals surface area contributed by atoms with Crippen molar-refractivity contribution in [1.82, 2.24) is 0 Å². The molecule has 0 amide bonds. The second kappa shape index (κ2) is 5.62. The number of anilines is 3. The predicted octanol–water partition coefficient (Wildman–Crippen LogP) is 0.791. The van der Waals surface area contributed by atoms with E-state index in [1.54, 1.807) is 21.1 Å². The van der Waals surface area contributed by atoms with Crippen LogP contribution in [-0.2, 0) is 10.7 Å². The Kier molecular flexibility index (Phi) is 4.45. The van der Waals surface area contributed by atoms with E-state index in [1.807, 2.05) is 0 Å². The molecule has 3 N–H and O–H groups in total. The molecule has 0 aromatic heterocycles. The molecule has 0 radical (unpaired) electrons. The summed E-state index contributed by atoms with van der Waals surface area (Å²) >= 11 is 0. The molecule has 1 rings (SSSR count). The van der Waals surface area contributed by atoms with E-state index in [4.69, 9.17) is 4.74 Å². The fourth-order valence-electron chi connectivity index (χ4n) is 1.68. The highest BCUT2D eigenvalue weighted by atomic mass is 32.2. The van der Waals surface area contributed by atoms with Gasteiger partial charge in [-0.05, 0) is 6.07 Å². The van der Waals surface area contributed by atoms with Gasteiger partial charge in [-0.3, -0.25) is 0 Å². The van der Waals surface area contributed by atoms with Crippen molar-refractivity contribution in [1.29, 1.82) is 0 Å². The minimum atomic E-state index is -2.68. The lowest BCUT2D eigenvalue weighted by Gasteiger charge is -2.18. The molecule has 17 heavy (non-hydrogen) atoms. The average molecular weight is 259 g/mol. The Morgan fingerprint density at radius 2 is 1.65 bits per heavy atom. The molecule has 0 aliphatic rings. The summed E-state index contributed by atoms with van der Waals surface area (Å²) in [6.07, 6.45) is 0. The molecule has 96 valence electrons. The maximum absolute atomic E-state index is 11.2. The highest BCUT2D eigenvalue weighted by molar-refractivity contribution is 7.72. The quantitative estimate of drug-likeness (QED) is 0.586. The lowest BCUT2D eigenvalue weighted by molar-refractivity contribution is 0.418. The third-order valence-corrected chi connectivity index (χ3v) is 3.18. The summed E-state index contributed by atoms with van der Waals surface area (Å²) in [6, 6.07) is 1.54. The van der Waals surface area contributed by atoms with Crippen LogP contribution in [0.3, 0.4) is 0 Å². The van der Waals surface area contributed by atoms with Crippen LogP contribution >= 0.6 is 0 Å². The van der Waals surface area contributed by atoms with E-state index in [-0.39, 0.29) is 4.90 Å². The number of hydrogen-bond donors (Lipinski definition) is 4. The van der Waals surface area contributed by atoms with Gasteiger partial charge in [-0.1, -0.05) is 0 Å². The fraction of sp³-hybridized carbons (Fsp3) is 0.400. The minimum absolute atomic E-state index is 0.219. The van der Waals surface area contributed by atoms with Crippen molar-refractivity contribution in [2.24, 2.45) is 0 Å². The maximum Gasteiger partial charge on any atom is 0.170 e. The van der Waals surface area contributed by atoms with Crippen molar-refractivity contribution in [3.05, 3.63) is 6.07 Å². The summed E-state index contributed by atoms with van der Waals surface area (Å²) in [4.78, 5) is 0.219. The first-order valence-corrected chi connectivity index (χ1v) is 6.21. The SMILES string of the molecule is CNc1cc([SH](=O)=O)c(NC)c(NC)c1OC. The van der Waals surface area contributed by atoms with Crippen LogP contribution in [-0.4, -0.2) is 36.7 Å². The van der Waals surface area contributed by atoms with E-state index in [0.717, 1.165) is 0 Å². The first-order valence-electron chi connectivity index (χ1n) is 5.03. The molecular weight excluding hydrogens is 242 g/mol. The molecule has 0 saturated carbocycles. The summed E-state index contributed by atoms with van der Waals surface area (Å²) in [5, 5.41) is 8.72. The van der Waals surface area contributed by atoms with Gasteiger partial charge in [0.2, 0.25) is 0 Å². The van der Waals surface area contributed by atoms with Crippen molar-refractivity contribution in [3.8, 4) is 5.75 Å². The third kappa shape index (κ3) is 2.38. The van der Waals surface area contributed by atoms with E-state index >= 15 is 0 Å². The largest absolute Gasteiger partial charge is 0.492 e. The second-order valence-electron chi connectivity index (χ2n) is 3.23. The van der Waals surface area contributed by atoms with Crippen LogP contribution in [0.15, 0.2) is 11.0 Å². The first-order chi connectivity index (χ1) is 8.10. The molecule has 0 unspecified atom stereocenters. The van der Waals surface area contributed by atoms with E-state index in [2.05, 4.69) is 16.0 Å². The maximum atomic E-state index is 11.2. The van der Waals surface area contributed by atoms with Crippen LogP contribution in [0.2, 0.25) is 0 Å². The first kappa shape index (κ1) is 13.4. The van der Waals surface area contributed by atoms with Gasteiger partial charge >= 0.3 is 0 Å². The van der Waals surface area contributed by atoms with Crippen LogP contribution in [0.25, 0.3) is 0 Å². The highest BCUT2D eigenvalue weighted by Gasteiger charge is 2.18. The standard InChI is InChI=1S/C10H17N3O3S/c1-11-6-5-7(17(14)15)8(12-2)9(13-3)10(6)16-4/h5,11-13,17H,1-4H3. The van der Waals surface area contributed by atoms with Crippen molar-refractivity contribution in [2.45, 2.75) is 4.90 Å². The monoisotopic (exact) mass is 259 g/mol. The zero-order valence-electron chi connectivity index (χ0n) is 10.2. The van der Waals surface area contributed by atoms with Crippen LogP contribution < -0.4 is 20.7 Å². The number of ether oxygens (including phenoxy) is 1. The number of rotatable bonds is 5. The Hall–Kier alpha value is -1.63. The molecule has 0 bridgehead atoms. The van der Waals surface area contributed by atoms with Gasteiger partial charge in [0.15, 0.2) is 16.5 Å². The summed E-state index contributed by atoms with van der Waals surface area (Å²) < 4.78 is 27.7. The van der Waals surface area contributed by atoms with E-state index in [9.17, 15) is 8.42 Å². The minimum Gasteiger partial charge on any atom is -0.492 e. The van der Waals surface area contributed by atoms with Crippen molar-refractivity contribution in [2.75, 3.05) is 44.2 Å². The Balaban J connectivity index is 3.66. The van der Waals surface area contributed by atoms with Gasteiger partial charge in [0, 0.05) is 21.1 Å². The number of nitrogens with one attached hydrogen (secondary N) is 3. The molecule has 0 fully saturated rings. The van der Waals surface area contributed by atoms with Crippen LogP contribution in [0, 0.1) is 0 Å². The zero-order valence-corrected chi connectivity index (χ0v) is 11.1. The van der Waals surface area contributed by atoms with E-state index in [1.165, 1.54) is 13.2 Å². The van der Waals surface area contributed by atoms with Crippen molar-refractivity contribution in [3.63, 3.8) is 0 Å². The molecule has 7 heteroatoms. The van der Waals surface area contributed by atoms with Gasteiger partial charge in [0.25, 0.3) is 0 Å². The lowest BCUT2D eigenvalue weighted by atomic mass is 10.2. The van der Waals surface area contributed by atoms with Gasteiger partial charge < -0.3 is 20.7 Å². The predicted molar refractivity (Wildman–Crippen MR) is 70.2 cm³/mol. The number of thiol groups is 1. The molecule has 0 spiro atoms. The Morgan fingerprint density at radius 1 is 1.06 bits per heavy atom. The summed E-state index contributed by atoms with van der Waals surface area (Å²) in [5.41, 5.74) is 1.72. The van der Waals surface area contributed by atoms with Gasteiger partial charge in [-0.2, -0.15) is 0 Å². The Labute approximate surface area is 102 Å². The van der Waals surface area contributed by atoms with Gasteiger partial charge in [0.1, 0.15) is 5.69 Å². The van der Waals surface area contributed by atoms with Gasteiger partial charge in [-0.15, -0.1) is 0 Å². The summed E-state index contributed by atoms with van der Waals surface area (Å²) in [5.74, 6) is 0.569. The Bertz CT molecular complexity index is 478. The third-order valence-electron chi connectivity index (χ3n) is 2.43. The zero-order chi connectivity index (χ0) is 13.0. The van der Waals surface area contributed by atoms with Gasteiger partial charge in [-0.25, -0.2) is 8.42 Å². The van der Waals surface area contributed by atoms with E-state index < -0.39 is 10.7 Å². The van der Waals surface area contributed by atoms with Crippen molar-refractivity contribution < 1.29 is 13.2 Å². The van der Waals surface area contributed by atoms with Crippen LogP contribution in [0.1, 0.15) is 0 Å². The smallest absolute Gasteiger partial charge is 0.170 e. The van der Waals surface area contributed by atoms with Crippen LogP contribution in [0.4, 0.5) is 17.1 Å². The van der Waals surface area contributed by atoms with Gasteiger partial charge in [0.05, 0.1) is 23.4 Å². The topological polar surface area (TPSA) is 79.5 Å². The number of benzene rings is 1.